The highest BCUT2D eigenvalue weighted by Crippen LogP contribution is 2.10. The van der Waals surface area contributed by atoms with E-state index in [1.807, 2.05) is 30.3 Å². The zero-order valence-electron chi connectivity index (χ0n) is 13.3. The molecule has 0 aliphatic rings. The molecule has 0 spiro atoms. The van der Waals surface area contributed by atoms with Crippen molar-refractivity contribution in [1.82, 2.24) is 15.0 Å². The van der Waals surface area contributed by atoms with Crippen LogP contribution in [0.1, 0.15) is 11.4 Å². The van der Waals surface area contributed by atoms with Crippen LogP contribution in [0.3, 0.4) is 0 Å². The predicted octanol–water partition coefficient (Wildman–Crippen LogP) is 6.68. The summed E-state index contributed by atoms with van der Waals surface area (Å²) in [5, 5.41) is 9.37. The van der Waals surface area contributed by atoms with Crippen LogP contribution in [-0.2, 0) is 11.9 Å². The molecule has 0 aliphatic carbocycles. The number of halogens is 5. The third kappa shape index (κ3) is 10.8. The predicted molar refractivity (Wildman–Crippen MR) is 122 cm³/mol. The molecule has 0 aromatic carbocycles. The Morgan fingerprint density at radius 1 is 0.654 bits per heavy atom. The van der Waals surface area contributed by atoms with Crippen molar-refractivity contribution >= 4 is 79.6 Å². The van der Waals surface area contributed by atoms with Gasteiger partial charge in [0.25, 0.3) is 0 Å². The van der Waals surface area contributed by atoms with E-state index in [-0.39, 0.29) is 6.61 Å². The number of pyridine rings is 3. The lowest BCUT2D eigenvalue weighted by atomic mass is 10.4. The minimum atomic E-state index is 0.00722. The molecule has 0 atom stereocenters. The van der Waals surface area contributed by atoms with Crippen molar-refractivity contribution in [1.29, 1.82) is 0 Å². The smallest absolute Gasteiger partial charge is 0.106 e. The summed E-state index contributed by atoms with van der Waals surface area (Å²) in [4.78, 5) is 12.0. The van der Waals surface area contributed by atoms with Gasteiger partial charge in [-0.2, -0.15) is 0 Å². The van der Waals surface area contributed by atoms with Crippen LogP contribution in [0.4, 0.5) is 0 Å². The molecule has 3 aromatic heterocycles. The highest BCUT2D eigenvalue weighted by molar-refractivity contribution is 9.11. The molecule has 0 fully saturated rings. The molecular formula is C17H14Br5N3O. The fraction of sp³-hybridized carbons (Fsp3) is 0.118. The number of hydrogen-bond acceptors (Lipinski definition) is 4. The van der Waals surface area contributed by atoms with Crippen molar-refractivity contribution in [2.45, 2.75) is 11.9 Å². The van der Waals surface area contributed by atoms with Crippen LogP contribution in [0.15, 0.2) is 73.0 Å². The van der Waals surface area contributed by atoms with E-state index >= 15 is 0 Å². The van der Waals surface area contributed by atoms with Crippen molar-refractivity contribution < 1.29 is 5.11 Å². The fourth-order valence-corrected chi connectivity index (χ4v) is 2.61. The average Bonchev–Trinajstić information content (AvgIpc) is 2.66. The zero-order chi connectivity index (χ0) is 19.4. The molecule has 26 heavy (non-hydrogen) atoms. The van der Waals surface area contributed by atoms with Crippen LogP contribution in [0.5, 0.6) is 0 Å². The highest BCUT2D eigenvalue weighted by atomic mass is 79.9. The summed E-state index contributed by atoms with van der Waals surface area (Å²) in [6.45, 7) is 0.00722. The van der Waals surface area contributed by atoms with Crippen LogP contribution in [0.2, 0.25) is 0 Å². The Balaban J connectivity index is 0.000000195. The summed E-state index contributed by atoms with van der Waals surface area (Å²) in [6.07, 6.45) is 5.19. The molecule has 0 amide bonds. The summed E-state index contributed by atoms with van der Waals surface area (Å²) in [5.74, 6) is 0. The number of aliphatic hydroxyl groups excluding tert-OH is 1. The number of hydrogen-bond donors (Lipinski definition) is 1. The molecule has 4 nitrogen and oxygen atoms in total. The van der Waals surface area contributed by atoms with Crippen LogP contribution in [0, 0.1) is 0 Å². The Bertz CT molecular complexity index is 686. The van der Waals surface area contributed by atoms with E-state index in [2.05, 4.69) is 94.6 Å². The molecule has 0 bridgehead atoms. The maximum atomic E-state index is 8.55. The highest BCUT2D eigenvalue weighted by Gasteiger charge is 1.89. The Kier molecular flexibility index (Phi) is 12.8. The third-order valence-corrected chi connectivity index (χ3v) is 5.02. The van der Waals surface area contributed by atoms with E-state index < -0.39 is 0 Å². The standard InChI is InChI=1S/C6H5Br2N.C6H6BrNO.C5H3Br2N/c7-3-6-2-1-5(8)4-9-6;7-5-1-2-6(4-9)8-3-5;6-4-1-2-5(7)8-3-4/h1-2,4H,3H2;1-3,9H,4H2;1-3H. The molecule has 1 N–H and O–H groups in total. The molecule has 0 saturated heterocycles. The molecule has 0 saturated carbocycles. The lowest BCUT2D eigenvalue weighted by Crippen LogP contribution is -1.85. The van der Waals surface area contributed by atoms with E-state index in [9.17, 15) is 0 Å². The van der Waals surface area contributed by atoms with Crippen molar-refractivity contribution in [3.63, 3.8) is 0 Å². The Morgan fingerprint density at radius 2 is 1.12 bits per heavy atom. The normalized spacial score (nSPS) is 9.46. The van der Waals surface area contributed by atoms with Gasteiger partial charge in [-0.05, 0) is 100 Å². The number of alkyl halides is 1. The van der Waals surface area contributed by atoms with Gasteiger partial charge in [-0.3, -0.25) is 9.97 Å². The molecule has 0 radical (unpaired) electrons. The van der Waals surface area contributed by atoms with Crippen LogP contribution in [-0.4, -0.2) is 20.1 Å². The lowest BCUT2D eigenvalue weighted by Gasteiger charge is -1.91. The number of nitrogens with zero attached hydrogens (tertiary/aromatic N) is 3. The van der Waals surface area contributed by atoms with Gasteiger partial charge in [0.05, 0.1) is 18.0 Å². The van der Waals surface area contributed by atoms with Gasteiger partial charge in [0.2, 0.25) is 0 Å². The summed E-state index contributed by atoms with van der Waals surface area (Å²) >= 11 is 16.3. The first-order valence-corrected chi connectivity index (χ1v) is 11.4. The fourth-order valence-electron chi connectivity index (χ4n) is 1.34. The summed E-state index contributed by atoms with van der Waals surface area (Å²) in [7, 11) is 0. The SMILES string of the molecule is BrCc1ccc(Br)cn1.Brc1ccc(Br)nc1.OCc1ccc(Br)cn1. The average molecular weight is 676 g/mol. The van der Waals surface area contributed by atoms with Crippen LogP contribution >= 0.6 is 79.6 Å². The largest absolute Gasteiger partial charge is 0.390 e. The van der Waals surface area contributed by atoms with E-state index in [0.29, 0.717) is 5.69 Å². The molecule has 3 heterocycles. The monoisotopic (exact) mass is 671 g/mol. The summed E-state index contributed by atoms with van der Waals surface area (Å²) < 4.78 is 3.81. The molecule has 3 rings (SSSR count). The summed E-state index contributed by atoms with van der Waals surface area (Å²) in [5.41, 5.74) is 1.75. The first-order chi connectivity index (χ1) is 12.4. The van der Waals surface area contributed by atoms with E-state index in [0.717, 1.165) is 29.0 Å². The van der Waals surface area contributed by atoms with E-state index in [1.54, 1.807) is 24.7 Å². The van der Waals surface area contributed by atoms with Crippen LogP contribution < -0.4 is 0 Å². The van der Waals surface area contributed by atoms with Crippen molar-refractivity contribution in [3.8, 4) is 0 Å². The van der Waals surface area contributed by atoms with Gasteiger partial charge >= 0.3 is 0 Å². The van der Waals surface area contributed by atoms with Crippen molar-refractivity contribution in [2.75, 3.05) is 0 Å². The topological polar surface area (TPSA) is 58.9 Å². The Hall–Kier alpha value is -0.190. The minimum absolute atomic E-state index is 0.00722. The second kappa shape index (κ2) is 13.9. The second-order valence-corrected chi connectivity index (χ2v) is 8.65. The van der Waals surface area contributed by atoms with Crippen molar-refractivity contribution in [2.24, 2.45) is 0 Å². The van der Waals surface area contributed by atoms with Crippen molar-refractivity contribution in [3.05, 3.63) is 84.4 Å². The van der Waals surface area contributed by atoms with E-state index in [1.165, 1.54) is 0 Å². The molecule has 138 valence electrons. The number of aliphatic hydroxyl groups is 1. The Labute approximate surface area is 194 Å². The van der Waals surface area contributed by atoms with Gasteiger partial charge in [0.15, 0.2) is 0 Å². The summed E-state index contributed by atoms with van der Waals surface area (Å²) in [6, 6.07) is 11.4. The minimum Gasteiger partial charge on any atom is -0.390 e. The first-order valence-electron chi connectivity index (χ1n) is 7.09. The van der Waals surface area contributed by atoms with Gasteiger partial charge in [0.1, 0.15) is 4.60 Å². The molecule has 0 aliphatic heterocycles. The van der Waals surface area contributed by atoms with Gasteiger partial charge in [-0.15, -0.1) is 0 Å². The second-order valence-electron chi connectivity index (χ2n) is 4.53. The first kappa shape index (κ1) is 23.8. The van der Waals surface area contributed by atoms with Gasteiger partial charge < -0.3 is 5.11 Å². The van der Waals surface area contributed by atoms with Gasteiger partial charge in [-0.25, -0.2) is 4.98 Å². The molecular weight excluding hydrogens is 662 g/mol. The molecule has 3 aromatic rings. The Morgan fingerprint density at radius 3 is 1.42 bits per heavy atom. The maximum Gasteiger partial charge on any atom is 0.106 e. The maximum absolute atomic E-state index is 8.55. The van der Waals surface area contributed by atoms with E-state index in [4.69, 9.17) is 5.11 Å². The molecule has 9 heteroatoms. The zero-order valence-corrected chi connectivity index (χ0v) is 21.2. The van der Waals surface area contributed by atoms with Gasteiger partial charge in [-0.1, -0.05) is 15.9 Å². The number of aromatic nitrogens is 3. The lowest BCUT2D eigenvalue weighted by molar-refractivity contribution is 0.277. The quantitative estimate of drug-likeness (QED) is 0.243. The third-order valence-electron chi connectivity index (χ3n) is 2.57. The van der Waals surface area contributed by atoms with Crippen LogP contribution in [0.25, 0.3) is 0 Å². The van der Waals surface area contributed by atoms with Gasteiger partial charge in [0, 0.05) is 37.3 Å². The molecule has 0 unspecified atom stereocenters. The number of rotatable bonds is 2.